The van der Waals surface area contributed by atoms with E-state index in [2.05, 4.69) is 4.99 Å². The van der Waals surface area contributed by atoms with Crippen molar-refractivity contribution < 1.29 is 9.18 Å². The number of hydrogen-bond acceptors (Lipinski definition) is 2. The Morgan fingerprint density at radius 3 is 2.69 bits per heavy atom. The summed E-state index contributed by atoms with van der Waals surface area (Å²) in [6.07, 6.45) is 5.33. The topological polar surface area (TPSA) is 29.4 Å². The van der Waals surface area contributed by atoms with Gasteiger partial charge in [0.25, 0.3) is 0 Å². The highest BCUT2D eigenvalue weighted by atomic mass is 19.1. The molecule has 2 rings (SSSR count). The van der Waals surface area contributed by atoms with E-state index in [0.29, 0.717) is 5.56 Å². The Morgan fingerprint density at radius 2 is 2.06 bits per heavy atom. The van der Waals surface area contributed by atoms with Gasteiger partial charge in [-0.3, -0.25) is 0 Å². The highest BCUT2D eigenvalue weighted by molar-refractivity contribution is 5.41. The fraction of sp³-hybridized carbons (Fsp3) is 0.462. The summed E-state index contributed by atoms with van der Waals surface area (Å²) in [7, 11) is 0. The predicted molar refractivity (Wildman–Crippen MR) is 59.4 cm³/mol. The molecule has 0 aliphatic heterocycles. The lowest BCUT2D eigenvalue weighted by Gasteiger charge is -2.24. The summed E-state index contributed by atoms with van der Waals surface area (Å²) in [6, 6.07) is 4.98. The Bertz CT molecular complexity index is 443. The third-order valence-corrected chi connectivity index (χ3v) is 3.46. The third kappa shape index (κ3) is 1.68. The Balaban J connectivity index is 2.55. The van der Waals surface area contributed by atoms with Crippen LogP contribution in [0.1, 0.15) is 36.8 Å². The van der Waals surface area contributed by atoms with Gasteiger partial charge in [-0.05, 0) is 37.0 Å². The van der Waals surface area contributed by atoms with E-state index in [-0.39, 0.29) is 5.82 Å². The molecule has 0 amide bonds. The summed E-state index contributed by atoms with van der Waals surface area (Å²) in [5.74, 6) is -0.232. The number of rotatable bonds is 2. The van der Waals surface area contributed by atoms with E-state index in [1.807, 2.05) is 6.07 Å². The number of benzene rings is 1. The molecular weight excluding hydrogens is 205 g/mol. The molecular formula is C13H14FNO. The van der Waals surface area contributed by atoms with Crippen LogP contribution in [0.3, 0.4) is 0 Å². The van der Waals surface area contributed by atoms with Crippen molar-refractivity contribution in [2.75, 3.05) is 0 Å². The second kappa shape index (κ2) is 4.18. The van der Waals surface area contributed by atoms with E-state index >= 15 is 0 Å². The van der Waals surface area contributed by atoms with Gasteiger partial charge in [-0.2, -0.15) is 4.99 Å². The van der Waals surface area contributed by atoms with Crippen LogP contribution in [-0.4, -0.2) is 6.08 Å². The quantitative estimate of drug-likeness (QED) is 0.554. The number of halogens is 1. The molecule has 1 aromatic rings. The maximum absolute atomic E-state index is 13.5. The van der Waals surface area contributed by atoms with Crippen LogP contribution in [0.5, 0.6) is 0 Å². The molecule has 2 nitrogen and oxygen atoms in total. The molecule has 1 fully saturated rings. The van der Waals surface area contributed by atoms with Crippen molar-refractivity contribution in [2.24, 2.45) is 4.99 Å². The summed E-state index contributed by atoms with van der Waals surface area (Å²) >= 11 is 0. The summed E-state index contributed by atoms with van der Waals surface area (Å²) in [5.41, 5.74) is 0.922. The lowest BCUT2D eigenvalue weighted by Crippen LogP contribution is -2.20. The summed E-state index contributed by atoms with van der Waals surface area (Å²) in [4.78, 5) is 14.5. The van der Waals surface area contributed by atoms with E-state index in [9.17, 15) is 9.18 Å². The number of nitrogens with zero attached hydrogens (tertiary/aromatic N) is 1. The van der Waals surface area contributed by atoms with Crippen LogP contribution in [0.2, 0.25) is 0 Å². The minimum Gasteiger partial charge on any atom is -0.211 e. The minimum absolute atomic E-state index is 0.232. The fourth-order valence-electron chi connectivity index (χ4n) is 2.60. The number of carbonyl (C=O) groups excluding carboxylic acids is 1. The molecule has 1 aromatic carbocycles. The van der Waals surface area contributed by atoms with Gasteiger partial charge in [-0.25, -0.2) is 9.18 Å². The number of isocyanates is 1. The molecule has 1 aliphatic rings. The van der Waals surface area contributed by atoms with Gasteiger partial charge < -0.3 is 0 Å². The maximum Gasteiger partial charge on any atom is 0.235 e. The third-order valence-electron chi connectivity index (χ3n) is 3.46. The van der Waals surface area contributed by atoms with Crippen molar-refractivity contribution in [1.82, 2.24) is 0 Å². The first-order valence-electron chi connectivity index (χ1n) is 5.54. The van der Waals surface area contributed by atoms with Gasteiger partial charge in [0, 0.05) is 0 Å². The van der Waals surface area contributed by atoms with Gasteiger partial charge in [0.15, 0.2) is 0 Å². The first-order valence-corrected chi connectivity index (χ1v) is 5.54. The van der Waals surface area contributed by atoms with Crippen LogP contribution in [0.25, 0.3) is 0 Å². The molecule has 0 atom stereocenters. The van der Waals surface area contributed by atoms with Crippen LogP contribution in [0, 0.1) is 12.7 Å². The number of hydrogen-bond donors (Lipinski definition) is 0. The second-order valence-electron chi connectivity index (χ2n) is 4.35. The van der Waals surface area contributed by atoms with Crippen molar-refractivity contribution in [3.05, 3.63) is 35.1 Å². The predicted octanol–water partition coefficient (Wildman–Crippen LogP) is 3.24. The van der Waals surface area contributed by atoms with Crippen molar-refractivity contribution in [2.45, 2.75) is 38.1 Å². The van der Waals surface area contributed by atoms with E-state index in [1.165, 1.54) is 6.07 Å². The van der Waals surface area contributed by atoms with Gasteiger partial charge in [0.1, 0.15) is 5.82 Å². The lowest BCUT2D eigenvalue weighted by atomic mass is 9.86. The Hall–Kier alpha value is -1.47. The average molecular weight is 219 g/mol. The average Bonchev–Trinajstić information content (AvgIpc) is 2.72. The molecule has 0 unspecified atom stereocenters. The zero-order valence-corrected chi connectivity index (χ0v) is 9.29. The monoisotopic (exact) mass is 219 g/mol. The Morgan fingerprint density at radius 1 is 1.38 bits per heavy atom. The van der Waals surface area contributed by atoms with Gasteiger partial charge in [-0.15, -0.1) is 0 Å². The molecule has 0 bridgehead atoms. The minimum atomic E-state index is -0.520. The summed E-state index contributed by atoms with van der Waals surface area (Å²) in [5, 5.41) is 0. The maximum atomic E-state index is 13.5. The lowest BCUT2D eigenvalue weighted by molar-refractivity contribution is 0.449. The highest BCUT2D eigenvalue weighted by Crippen LogP contribution is 2.43. The number of aliphatic imine (C=N–C) groups is 1. The van der Waals surface area contributed by atoms with Crippen molar-refractivity contribution >= 4 is 6.08 Å². The van der Waals surface area contributed by atoms with E-state index in [1.54, 1.807) is 19.1 Å². The zero-order valence-electron chi connectivity index (χ0n) is 9.29. The highest BCUT2D eigenvalue weighted by Gasteiger charge is 2.37. The normalized spacial score (nSPS) is 18.1. The van der Waals surface area contributed by atoms with Crippen LogP contribution in [0.15, 0.2) is 23.2 Å². The standard InChI is InChI=1S/C13H14FNO/c1-10-11(5-4-6-12(10)14)13(15-9-16)7-2-3-8-13/h4-6H,2-3,7-8H2,1H3. The van der Waals surface area contributed by atoms with Gasteiger partial charge in [-0.1, -0.05) is 25.0 Å². The molecule has 0 saturated heterocycles. The van der Waals surface area contributed by atoms with Gasteiger partial charge in [0.2, 0.25) is 6.08 Å². The zero-order chi connectivity index (χ0) is 11.6. The van der Waals surface area contributed by atoms with Gasteiger partial charge >= 0.3 is 0 Å². The molecule has 84 valence electrons. The molecule has 0 N–H and O–H groups in total. The van der Waals surface area contributed by atoms with E-state index in [4.69, 9.17) is 0 Å². The first-order chi connectivity index (χ1) is 7.69. The van der Waals surface area contributed by atoms with Crippen LogP contribution >= 0.6 is 0 Å². The van der Waals surface area contributed by atoms with E-state index < -0.39 is 5.54 Å². The largest absolute Gasteiger partial charge is 0.235 e. The molecule has 0 heterocycles. The fourth-order valence-corrected chi connectivity index (χ4v) is 2.60. The molecule has 0 spiro atoms. The van der Waals surface area contributed by atoms with Crippen LogP contribution in [-0.2, 0) is 10.3 Å². The summed E-state index contributed by atoms with van der Waals surface area (Å²) < 4.78 is 13.5. The molecule has 16 heavy (non-hydrogen) atoms. The Labute approximate surface area is 94.2 Å². The van der Waals surface area contributed by atoms with Crippen LogP contribution in [0.4, 0.5) is 4.39 Å². The SMILES string of the molecule is Cc1c(F)cccc1C1(N=C=O)CCCC1. The van der Waals surface area contributed by atoms with Crippen molar-refractivity contribution in [3.63, 3.8) is 0 Å². The second-order valence-corrected chi connectivity index (χ2v) is 4.35. The molecule has 0 aromatic heterocycles. The first kappa shape index (κ1) is 11.0. The molecule has 1 saturated carbocycles. The molecule has 3 heteroatoms. The summed E-state index contributed by atoms with van der Waals surface area (Å²) in [6.45, 7) is 1.74. The molecule has 0 radical (unpaired) electrons. The smallest absolute Gasteiger partial charge is 0.211 e. The van der Waals surface area contributed by atoms with E-state index in [0.717, 1.165) is 31.2 Å². The van der Waals surface area contributed by atoms with Crippen molar-refractivity contribution in [3.8, 4) is 0 Å². The molecule has 1 aliphatic carbocycles. The van der Waals surface area contributed by atoms with Gasteiger partial charge in [0.05, 0.1) is 5.54 Å². The Kier molecular flexibility index (Phi) is 2.88. The van der Waals surface area contributed by atoms with Crippen LogP contribution < -0.4 is 0 Å². The van der Waals surface area contributed by atoms with Crippen molar-refractivity contribution in [1.29, 1.82) is 0 Å².